The van der Waals surface area contributed by atoms with Crippen molar-refractivity contribution < 1.29 is 9.59 Å². The predicted molar refractivity (Wildman–Crippen MR) is 106 cm³/mol. The second-order valence-corrected chi connectivity index (χ2v) is 7.10. The van der Waals surface area contributed by atoms with Gasteiger partial charge in [0.2, 0.25) is 5.91 Å². The first-order valence-electron chi connectivity index (χ1n) is 8.11. The molecule has 8 heteroatoms. The van der Waals surface area contributed by atoms with Crippen LogP contribution in [0.4, 0.5) is 0 Å². The van der Waals surface area contributed by atoms with Crippen molar-refractivity contribution in [1.82, 2.24) is 20.4 Å². The third kappa shape index (κ3) is 5.12. The molecule has 0 radical (unpaired) electrons. The fourth-order valence-corrected chi connectivity index (χ4v) is 3.24. The molecule has 0 unspecified atom stereocenters. The maximum Gasteiger partial charge on any atom is 0.269 e. The molecule has 0 aliphatic carbocycles. The molecule has 0 atom stereocenters. The number of hydrogen-bond donors (Lipinski definition) is 2. The van der Waals surface area contributed by atoms with E-state index in [1.807, 2.05) is 42.0 Å². The van der Waals surface area contributed by atoms with Gasteiger partial charge in [-0.25, -0.2) is 4.98 Å². The first kappa shape index (κ1) is 19.0. The third-order valence-electron chi connectivity index (χ3n) is 3.64. The lowest BCUT2D eigenvalue weighted by Gasteiger charge is -2.09. The molecule has 6 nitrogen and oxygen atoms in total. The molecule has 0 saturated heterocycles. The molecule has 0 spiro atoms. The molecule has 0 aliphatic heterocycles. The summed E-state index contributed by atoms with van der Waals surface area (Å²) in [5, 5.41) is 1.23. The summed E-state index contributed by atoms with van der Waals surface area (Å²) in [7, 11) is 0. The van der Waals surface area contributed by atoms with Crippen LogP contribution >= 0.6 is 23.4 Å². The van der Waals surface area contributed by atoms with Crippen LogP contribution in [0.1, 0.15) is 15.9 Å². The summed E-state index contributed by atoms with van der Waals surface area (Å²) in [6, 6.07) is 14.4. The van der Waals surface area contributed by atoms with Crippen molar-refractivity contribution >= 4 is 35.2 Å². The zero-order chi connectivity index (χ0) is 19.2. The lowest BCUT2D eigenvalue weighted by atomic mass is 10.2. The van der Waals surface area contributed by atoms with Gasteiger partial charge in [0.05, 0.1) is 5.75 Å². The average molecular weight is 401 g/mol. The van der Waals surface area contributed by atoms with Crippen LogP contribution in [0.25, 0.3) is 5.69 Å². The van der Waals surface area contributed by atoms with E-state index in [2.05, 4.69) is 15.8 Å². The summed E-state index contributed by atoms with van der Waals surface area (Å²) in [6.45, 7) is 2.02. The van der Waals surface area contributed by atoms with Crippen LogP contribution in [-0.2, 0) is 4.79 Å². The molecule has 3 rings (SSSR count). The highest BCUT2D eigenvalue weighted by Gasteiger charge is 2.11. The van der Waals surface area contributed by atoms with Crippen LogP contribution in [0, 0.1) is 6.92 Å². The van der Waals surface area contributed by atoms with Gasteiger partial charge in [0.25, 0.3) is 5.91 Å². The van der Waals surface area contributed by atoms with Crippen LogP contribution in [0.3, 0.4) is 0 Å². The third-order valence-corrected chi connectivity index (χ3v) is 4.86. The average Bonchev–Trinajstić information content (AvgIpc) is 3.13. The van der Waals surface area contributed by atoms with Gasteiger partial charge in [0.15, 0.2) is 5.16 Å². The van der Waals surface area contributed by atoms with E-state index in [1.54, 1.807) is 30.5 Å². The van der Waals surface area contributed by atoms with Gasteiger partial charge < -0.3 is 0 Å². The van der Waals surface area contributed by atoms with E-state index in [9.17, 15) is 9.59 Å². The van der Waals surface area contributed by atoms with Crippen molar-refractivity contribution in [3.05, 3.63) is 77.1 Å². The number of nitrogens with one attached hydrogen (secondary N) is 2. The predicted octanol–water partition coefficient (Wildman–Crippen LogP) is 3.39. The summed E-state index contributed by atoms with van der Waals surface area (Å²) in [6.07, 6.45) is 3.53. The number of aryl methyl sites for hydroxylation is 1. The Bertz CT molecular complexity index is 956. The largest absolute Gasteiger partial charge is 0.295 e. The van der Waals surface area contributed by atoms with Crippen molar-refractivity contribution in [3.8, 4) is 5.69 Å². The first-order chi connectivity index (χ1) is 13.0. The molecule has 2 aromatic carbocycles. The van der Waals surface area contributed by atoms with Crippen LogP contribution < -0.4 is 10.9 Å². The zero-order valence-electron chi connectivity index (χ0n) is 14.5. The van der Waals surface area contributed by atoms with Crippen molar-refractivity contribution in [2.45, 2.75) is 12.1 Å². The Kier molecular flexibility index (Phi) is 6.16. The van der Waals surface area contributed by atoms with Gasteiger partial charge in [-0.05, 0) is 48.9 Å². The Morgan fingerprint density at radius 2 is 1.93 bits per heavy atom. The molecular formula is C19H17ClN4O2S. The van der Waals surface area contributed by atoms with Gasteiger partial charge in [-0.3, -0.25) is 25.0 Å². The molecule has 27 heavy (non-hydrogen) atoms. The minimum atomic E-state index is -0.411. The summed E-state index contributed by atoms with van der Waals surface area (Å²) in [4.78, 5) is 28.3. The number of aromatic nitrogens is 2. The Balaban J connectivity index is 1.53. The molecule has 0 fully saturated rings. The van der Waals surface area contributed by atoms with E-state index in [1.165, 1.54) is 11.8 Å². The normalized spacial score (nSPS) is 10.4. The van der Waals surface area contributed by atoms with Crippen molar-refractivity contribution in [3.63, 3.8) is 0 Å². The van der Waals surface area contributed by atoms with Gasteiger partial charge in [0, 0.05) is 28.7 Å². The summed E-state index contributed by atoms with van der Waals surface area (Å²) >= 11 is 7.07. The number of rotatable bonds is 5. The highest BCUT2D eigenvalue weighted by Crippen LogP contribution is 2.20. The minimum Gasteiger partial charge on any atom is -0.295 e. The van der Waals surface area contributed by atoms with Crippen LogP contribution in [0.2, 0.25) is 5.02 Å². The van der Waals surface area contributed by atoms with E-state index in [0.29, 0.717) is 15.7 Å². The fourth-order valence-electron chi connectivity index (χ4n) is 2.34. The molecule has 1 aromatic heterocycles. The van der Waals surface area contributed by atoms with Crippen LogP contribution in [0.5, 0.6) is 0 Å². The van der Waals surface area contributed by atoms with Gasteiger partial charge in [0.1, 0.15) is 0 Å². The fraction of sp³-hybridized carbons (Fsp3) is 0.105. The quantitative estimate of drug-likeness (QED) is 0.508. The van der Waals surface area contributed by atoms with Gasteiger partial charge in [-0.15, -0.1) is 0 Å². The van der Waals surface area contributed by atoms with E-state index < -0.39 is 5.91 Å². The Morgan fingerprint density at radius 1 is 1.15 bits per heavy atom. The van der Waals surface area contributed by atoms with Crippen LogP contribution in [-0.4, -0.2) is 27.1 Å². The molecule has 0 aliphatic rings. The van der Waals surface area contributed by atoms with Crippen LogP contribution in [0.15, 0.2) is 66.1 Å². The molecule has 2 amide bonds. The Labute approximate surface area is 165 Å². The number of benzene rings is 2. The van der Waals surface area contributed by atoms with E-state index in [-0.39, 0.29) is 11.7 Å². The maximum atomic E-state index is 12.0. The van der Waals surface area contributed by atoms with Gasteiger partial charge in [-0.2, -0.15) is 0 Å². The molecule has 0 bridgehead atoms. The topological polar surface area (TPSA) is 76.0 Å². The first-order valence-corrected chi connectivity index (χ1v) is 9.47. The number of nitrogens with zero attached hydrogens (tertiary/aromatic N) is 2. The smallest absolute Gasteiger partial charge is 0.269 e. The van der Waals surface area contributed by atoms with E-state index in [4.69, 9.17) is 11.6 Å². The lowest BCUT2D eigenvalue weighted by molar-refractivity contribution is -0.119. The molecule has 1 heterocycles. The zero-order valence-corrected chi connectivity index (χ0v) is 16.1. The number of thioether (sulfide) groups is 1. The Hall–Kier alpha value is -2.77. The molecule has 0 saturated carbocycles. The number of hydrogen-bond acceptors (Lipinski definition) is 4. The number of carbonyl (C=O) groups excluding carboxylic acids is 2. The standard InChI is InChI=1S/C19H17ClN4O2S/c1-13-3-2-4-16(11-13)24-10-9-21-19(24)27-12-17(25)22-23-18(26)14-5-7-15(20)8-6-14/h2-11H,12H2,1H3,(H,22,25)(H,23,26). The SMILES string of the molecule is Cc1cccc(-n2ccnc2SCC(=O)NNC(=O)c2ccc(Cl)cc2)c1. The number of carbonyl (C=O) groups is 2. The second kappa shape index (κ2) is 8.75. The highest BCUT2D eigenvalue weighted by molar-refractivity contribution is 7.99. The summed E-state index contributed by atoms with van der Waals surface area (Å²) < 4.78 is 1.91. The molecule has 3 aromatic rings. The van der Waals surface area contributed by atoms with Crippen molar-refractivity contribution in [2.24, 2.45) is 0 Å². The highest BCUT2D eigenvalue weighted by atomic mass is 35.5. The minimum absolute atomic E-state index is 0.115. The number of amides is 2. The number of imidazole rings is 1. The van der Waals surface area contributed by atoms with Gasteiger partial charge in [-0.1, -0.05) is 35.5 Å². The lowest BCUT2D eigenvalue weighted by Crippen LogP contribution is -2.42. The number of halogens is 1. The molecular weight excluding hydrogens is 384 g/mol. The number of hydrazine groups is 1. The van der Waals surface area contributed by atoms with Crippen molar-refractivity contribution in [2.75, 3.05) is 5.75 Å². The van der Waals surface area contributed by atoms with Gasteiger partial charge >= 0.3 is 0 Å². The summed E-state index contributed by atoms with van der Waals surface area (Å²) in [5.41, 5.74) is 7.30. The van der Waals surface area contributed by atoms with Crippen molar-refractivity contribution in [1.29, 1.82) is 0 Å². The molecule has 138 valence electrons. The molecule has 2 N–H and O–H groups in total. The second-order valence-electron chi connectivity index (χ2n) is 5.72. The summed E-state index contributed by atoms with van der Waals surface area (Å²) in [5.74, 6) is -0.628. The van der Waals surface area contributed by atoms with E-state index >= 15 is 0 Å². The van der Waals surface area contributed by atoms with E-state index in [0.717, 1.165) is 11.3 Å². The Morgan fingerprint density at radius 3 is 2.67 bits per heavy atom. The maximum absolute atomic E-state index is 12.0. The monoisotopic (exact) mass is 400 g/mol.